The van der Waals surface area contributed by atoms with Gasteiger partial charge in [-0.15, -0.1) is 11.3 Å². The van der Waals surface area contributed by atoms with Crippen molar-refractivity contribution in [3.05, 3.63) is 252 Å². The predicted octanol–water partition coefficient (Wildman–Crippen LogP) is 15.7. The molecule has 9 aromatic carbocycles. The molecule has 0 saturated heterocycles. The smallest absolute Gasteiger partial charge is 0.0355 e. The first-order valence-electron chi connectivity index (χ1n) is 19.5. The molecule has 1 aromatic heterocycles. The Morgan fingerprint density at radius 2 is 0.737 bits per heavy atom. The zero-order valence-electron chi connectivity index (χ0n) is 31.3. The third kappa shape index (κ3) is 6.69. The molecule has 0 nitrogen and oxygen atoms in total. The summed E-state index contributed by atoms with van der Waals surface area (Å²) in [6.45, 7) is 0. The Kier molecular flexibility index (Phi) is 9.20. The average molecular weight is 743 g/mol. The highest BCUT2D eigenvalue weighted by Crippen LogP contribution is 2.43. The van der Waals surface area contributed by atoms with Gasteiger partial charge in [0.05, 0.1) is 0 Å². The van der Waals surface area contributed by atoms with Crippen LogP contribution >= 0.6 is 11.3 Å². The molecular weight excluding hydrogens is 705 g/mol. The molecule has 0 saturated carbocycles. The number of thiophene rings is 1. The second-order valence-corrected chi connectivity index (χ2v) is 15.5. The van der Waals surface area contributed by atoms with Crippen LogP contribution in [0.25, 0.3) is 76.5 Å². The van der Waals surface area contributed by atoms with Crippen LogP contribution in [0.15, 0.2) is 218 Å². The van der Waals surface area contributed by atoms with E-state index in [9.17, 15) is 0 Å². The maximum atomic E-state index is 2.43. The molecular formula is C56H38S. The van der Waals surface area contributed by atoms with Gasteiger partial charge in [-0.3, -0.25) is 0 Å². The van der Waals surface area contributed by atoms with E-state index in [1.165, 1.54) is 97.7 Å². The van der Waals surface area contributed by atoms with Crippen LogP contribution in [0.3, 0.4) is 0 Å². The summed E-state index contributed by atoms with van der Waals surface area (Å²) >= 11 is 1.86. The summed E-state index contributed by atoms with van der Waals surface area (Å²) in [4.78, 5) is 2.52. The highest BCUT2D eigenvalue weighted by Gasteiger charge is 2.17. The zero-order valence-corrected chi connectivity index (χ0v) is 32.2. The molecule has 57 heavy (non-hydrogen) atoms. The van der Waals surface area contributed by atoms with E-state index < -0.39 is 0 Å². The van der Waals surface area contributed by atoms with E-state index in [0.29, 0.717) is 0 Å². The summed E-state index contributed by atoms with van der Waals surface area (Å²) in [5.74, 6) is 0. The van der Waals surface area contributed by atoms with Crippen molar-refractivity contribution in [3.8, 4) is 20.9 Å². The lowest BCUT2D eigenvalue weighted by molar-refractivity contribution is 1.55. The molecule has 0 fully saturated rings. The molecule has 0 aliphatic heterocycles. The first kappa shape index (κ1) is 34.4. The molecule has 1 heterocycles. The summed E-state index contributed by atoms with van der Waals surface area (Å²) in [6, 6.07) is 79.1. The number of hydrogen-bond acceptors (Lipinski definition) is 1. The summed E-state index contributed by atoms with van der Waals surface area (Å²) in [5, 5.41) is 7.44. The minimum Gasteiger partial charge on any atom is -0.135 e. The van der Waals surface area contributed by atoms with E-state index in [2.05, 4.69) is 231 Å². The van der Waals surface area contributed by atoms with Crippen molar-refractivity contribution in [2.75, 3.05) is 0 Å². The molecule has 0 spiro atoms. The minimum absolute atomic E-state index is 1.19. The Labute approximate surface area is 338 Å². The van der Waals surface area contributed by atoms with Crippen LogP contribution in [-0.2, 0) is 0 Å². The Morgan fingerprint density at radius 1 is 0.316 bits per heavy atom. The molecule has 268 valence electrons. The first-order chi connectivity index (χ1) is 28.3. The van der Waals surface area contributed by atoms with Crippen molar-refractivity contribution in [2.24, 2.45) is 0 Å². The van der Waals surface area contributed by atoms with Crippen LogP contribution in [0.1, 0.15) is 33.4 Å². The fourth-order valence-corrected chi connectivity index (χ4v) is 9.26. The highest BCUT2D eigenvalue weighted by atomic mass is 32.1. The normalized spacial score (nSPS) is 11.2. The van der Waals surface area contributed by atoms with Crippen molar-refractivity contribution >= 4 is 67.0 Å². The van der Waals surface area contributed by atoms with E-state index in [1.807, 2.05) is 11.3 Å². The fraction of sp³-hybridized carbons (Fsp3) is 0. The lowest BCUT2D eigenvalue weighted by atomic mass is 9.86. The van der Waals surface area contributed by atoms with Crippen molar-refractivity contribution < 1.29 is 0 Å². The maximum absolute atomic E-state index is 2.43. The fourth-order valence-electron chi connectivity index (χ4n) is 8.21. The third-order valence-corrected chi connectivity index (χ3v) is 12.1. The van der Waals surface area contributed by atoms with Gasteiger partial charge in [-0.05, 0) is 118 Å². The van der Waals surface area contributed by atoms with E-state index in [0.717, 1.165) is 0 Å². The SMILES string of the molecule is C(=C(c1ccccc1)c1ccccc1)c1c2ccccc2c(C=C(c2ccccc2)c2ccccc2)c2cc(-c3ccc(-c4cccc5ccccc45)s3)ccc12. The number of hydrogen-bond donors (Lipinski definition) is 0. The lowest BCUT2D eigenvalue weighted by Crippen LogP contribution is -1.94. The van der Waals surface area contributed by atoms with Gasteiger partial charge >= 0.3 is 0 Å². The van der Waals surface area contributed by atoms with Gasteiger partial charge in [0.2, 0.25) is 0 Å². The van der Waals surface area contributed by atoms with Crippen LogP contribution in [0, 0.1) is 0 Å². The van der Waals surface area contributed by atoms with Crippen LogP contribution in [0.5, 0.6) is 0 Å². The number of benzene rings is 9. The molecule has 0 bridgehead atoms. The molecule has 0 N–H and O–H groups in total. The molecule has 0 aliphatic carbocycles. The Hall–Kier alpha value is -7.06. The highest BCUT2D eigenvalue weighted by molar-refractivity contribution is 7.18. The summed E-state index contributed by atoms with van der Waals surface area (Å²) in [7, 11) is 0. The number of rotatable bonds is 8. The standard InChI is InChI=1S/C56H38S/c1-5-18-40(19-6-1)50(41-20-7-2-8-21-41)37-53-46-29-15-16-30-47(46)54(38-51(42-22-9-3-10-23-42)43-24-11-4-12-25-43)52-36-44(32-33-48(52)53)55-34-35-56(57-55)49-31-17-27-39-26-13-14-28-45(39)49/h1-38H. The van der Waals surface area contributed by atoms with Crippen molar-refractivity contribution in [3.63, 3.8) is 0 Å². The Morgan fingerprint density at radius 3 is 1.28 bits per heavy atom. The zero-order chi connectivity index (χ0) is 38.0. The van der Waals surface area contributed by atoms with E-state index in [-0.39, 0.29) is 0 Å². The van der Waals surface area contributed by atoms with Crippen molar-refractivity contribution in [2.45, 2.75) is 0 Å². The van der Waals surface area contributed by atoms with Crippen LogP contribution in [0.4, 0.5) is 0 Å². The molecule has 0 radical (unpaired) electrons. The predicted molar refractivity (Wildman–Crippen MR) is 247 cm³/mol. The second kappa shape index (κ2) is 15.2. The van der Waals surface area contributed by atoms with Gasteiger partial charge in [0.25, 0.3) is 0 Å². The number of fused-ring (bicyclic) bond motifs is 3. The molecule has 0 amide bonds. The van der Waals surface area contributed by atoms with Gasteiger partial charge in [0.15, 0.2) is 0 Å². The minimum atomic E-state index is 1.19. The maximum Gasteiger partial charge on any atom is 0.0355 e. The van der Waals surface area contributed by atoms with Crippen molar-refractivity contribution in [1.82, 2.24) is 0 Å². The third-order valence-electron chi connectivity index (χ3n) is 11.0. The Bertz CT molecular complexity index is 2990. The second-order valence-electron chi connectivity index (χ2n) is 14.4. The van der Waals surface area contributed by atoms with Crippen molar-refractivity contribution in [1.29, 1.82) is 0 Å². The summed E-state index contributed by atoms with van der Waals surface area (Å²) < 4.78 is 0. The molecule has 1 heteroatoms. The quantitative estimate of drug-likeness (QED) is 0.107. The monoisotopic (exact) mass is 742 g/mol. The first-order valence-corrected chi connectivity index (χ1v) is 20.3. The topological polar surface area (TPSA) is 0 Å². The Balaban J connectivity index is 1.26. The van der Waals surface area contributed by atoms with Gasteiger partial charge in [0.1, 0.15) is 0 Å². The molecule has 0 unspecified atom stereocenters. The molecule has 0 atom stereocenters. The van der Waals surface area contributed by atoms with Gasteiger partial charge in [0, 0.05) is 9.75 Å². The van der Waals surface area contributed by atoms with Crippen LogP contribution < -0.4 is 0 Å². The van der Waals surface area contributed by atoms with Gasteiger partial charge in [-0.1, -0.05) is 200 Å². The van der Waals surface area contributed by atoms with Crippen LogP contribution in [0.2, 0.25) is 0 Å². The van der Waals surface area contributed by atoms with Gasteiger partial charge < -0.3 is 0 Å². The van der Waals surface area contributed by atoms with Crippen LogP contribution in [-0.4, -0.2) is 0 Å². The molecule has 10 aromatic rings. The van der Waals surface area contributed by atoms with Gasteiger partial charge in [-0.25, -0.2) is 0 Å². The van der Waals surface area contributed by atoms with E-state index in [4.69, 9.17) is 0 Å². The summed E-state index contributed by atoms with van der Waals surface area (Å²) in [5.41, 5.74) is 12.1. The lowest BCUT2D eigenvalue weighted by Gasteiger charge is -2.18. The molecule has 10 rings (SSSR count). The van der Waals surface area contributed by atoms with E-state index >= 15 is 0 Å². The average Bonchev–Trinajstić information content (AvgIpc) is 3.79. The summed E-state index contributed by atoms with van der Waals surface area (Å²) in [6.07, 6.45) is 4.85. The van der Waals surface area contributed by atoms with E-state index in [1.54, 1.807) is 0 Å². The van der Waals surface area contributed by atoms with Gasteiger partial charge in [-0.2, -0.15) is 0 Å². The molecule has 0 aliphatic rings. The largest absolute Gasteiger partial charge is 0.135 e.